The molecule has 0 unspecified atom stereocenters. The van der Waals surface area contributed by atoms with Crippen molar-refractivity contribution in [3.63, 3.8) is 0 Å². The predicted molar refractivity (Wildman–Crippen MR) is 93.2 cm³/mol. The van der Waals surface area contributed by atoms with Crippen LogP contribution in [0.5, 0.6) is 0 Å². The van der Waals surface area contributed by atoms with E-state index in [-0.39, 0.29) is 5.91 Å². The van der Waals surface area contributed by atoms with Gasteiger partial charge < -0.3 is 0 Å². The Kier molecular flexibility index (Phi) is 4.13. The number of amides is 1. The molecule has 1 amide bonds. The summed E-state index contributed by atoms with van der Waals surface area (Å²) in [5, 5.41) is 3.45. The molecule has 3 rings (SSSR count). The van der Waals surface area contributed by atoms with Crippen LogP contribution in [0, 0.1) is 6.92 Å². The molecular weight excluding hydrogens is 286 g/mol. The van der Waals surface area contributed by atoms with Gasteiger partial charge in [0, 0.05) is 12.6 Å². The van der Waals surface area contributed by atoms with E-state index in [0.717, 1.165) is 21.9 Å². The van der Waals surface area contributed by atoms with E-state index in [0.29, 0.717) is 5.56 Å². The third-order valence-electron chi connectivity index (χ3n) is 4.03. The Labute approximate surface area is 136 Å². The average molecular weight is 305 g/mol. The number of aryl methyl sites for hydroxylation is 1. The van der Waals surface area contributed by atoms with Crippen LogP contribution in [0.25, 0.3) is 21.9 Å². The second-order valence-electron chi connectivity index (χ2n) is 5.56. The van der Waals surface area contributed by atoms with Gasteiger partial charge in [0.2, 0.25) is 0 Å². The van der Waals surface area contributed by atoms with Crippen molar-refractivity contribution in [2.24, 2.45) is 0 Å². The molecule has 0 radical (unpaired) electrons. The molecule has 0 N–H and O–H groups in total. The van der Waals surface area contributed by atoms with Gasteiger partial charge in [-0.25, -0.2) is 5.06 Å². The third-order valence-corrected chi connectivity index (χ3v) is 4.03. The first-order chi connectivity index (χ1) is 11.1. The van der Waals surface area contributed by atoms with Crippen LogP contribution in [0.15, 0.2) is 60.7 Å². The fourth-order valence-corrected chi connectivity index (χ4v) is 2.78. The minimum Gasteiger partial charge on any atom is -0.274 e. The van der Waals surface area contributed by atoms with Crippen molar-refractivity contribution >= 4 is 16.7 Å². The lowest BCUT2D eigenvalue weighted by molar-refractivity contribution is -0.0756. The van der Waals surface area contributed by atoms with Gasteiger partial charge in [-0.05, 0) is 29.3 Å². The molecule has 3 heteroatoms. The number of carbonyl (C=O) groups is 1. The quantitative estimate of drug-likeness (QED) is 0.669. The summed E-state index contributed by atoms with van der Waals surface area (Å²) in [5.74, 6) is -0.158. The van der Waals surface area contributed by atoms with E-state index in [1.54, 1.807) is 7.05 Å². The van der Waals surface area contributed by atoms with E-state index in [1.807, 2.05) is 42.5 Å². The highest BCUT2D eigenvalue weighted by Crippen LogP contribution is 2.33. The summed E-state index contributed by atoms with van der Waals surface area (Å²) in [4.78, 5) is 17.8. The molecule has 3 nitrogen and oxygen atoms in total. The molecule has 0 spiro atoms. The third kappa shape index (κ3) is 2.83. The van der Waals surface area contributed by atoms with Gasteiger partial charge in [-0.2, -0.15) is 0 Å². The van der Waals surface area contributed by atoms with Crippen LogP contribution < -0.4 is 0 Å². The van der Waals surface area contributed by atoms with Gasteiger partial charge in [-0.15, -0.1) is 0 Å². The van der Waals surface area contributed by atoms with Crippen LogP contribution in [-0.4, -0.2) is 25.1 Å². The standard InChI is InChI=1S/C20H19NO2/c1-14-9-10-15-11-12-17(20(22)21(2)23-3)19(18(15)13-14)16-7-5-4-6-8-16/h4-13H,1-3H3. The van der Waals surface area contributed by atoms with Crippen molar-refractivity contribution in [1.82, 2.24) is 5.06 Å². The molecule has 3 aromatic carbocycles. The lowest BCUT2D eigenvalue weighted by Crippen LogP contribution is -2.26. The lowest BCUT2D eigenvalue weighted by atomic mass is 9.92. The summed E-state index contributed by atoms with van der Waals surface area (Å²) in [6.07, 6.45) is 0. The second kappa shape index (κ2) is 6.23. The molecule has 0 aliphatic rings. The summed E-state index contributed by atoms with van der Waals surface area (Å²) in [6, 6.07) is 20.2. The Bertz CT molecular complexity index is 856. The number of benzene rings is 3. The highest BCUT2D eigenvalue weighted by Gasteiger charge is 2.19. The number of rotatable bonds is 3. The number of hydrogen-bond donors (Lipinski definition) is 0. The Morgan fingerprint density at radius 1 is 1.00 bits per heavy atom. The van der Waals surface area contributed by atoms with Crippen LogP contribution in [0.3, 0.4) is 0 Å². The molecule has 0 saturated carbocycles. The van der Waals surface area contributed by atoms with Crippen molar-refractivity contribution in [3.05, 3.63) is 71.8 Å². The molecule has 0 heterocycles. The highest BCUT2D eigenvalue weighted by atomic mass is 16.7. The number of carbonyl (C=O) groups excluding carboxylic acids is 1. The number of nitrogens with zero attached hydrogens (tertiary/aromatic N) is 1. The van der Waals surface area contributed by atoms with E-state index in [2.05, 4.69) is 25.1 Å². The van der Waals surface area contributed by atoms with Crippen LogP contribution in [0.4, 0.5) is 0 Å². The first-order valence-corrected chi connectivity index (χ1v) is 7.53. The van der Waals surface area contributed by atoms with Crippen molar-refractivity contribution < 1.29 is 9.63 Å². The molecule has 0 saturated heterocycles. The summed E-state index contributed by atoms with van der Waals surface area (Å²) >= 11 is 0. The van der Waals surface area contributed by atoms with Crippen LogP contribution in [-0.2, 0) is 4.84 Å². The zero-order valence-corrected chi connectivity index (χ0v) is 13.5. The first-order valence-electron chi connectivity index (χ1n) is 7.53. The van der Waals surface area contributed by atoms with Crippen molar-refractivity contribution in [2.75, 3.05) is 14.2 Å². The number of hydrogen-bond acceptors (Lipinski definition) is 2. The fraction of sp³-hybridized carbons (Fsp3) is 0.150. The molecule has 0 atom stereocenters. The molecule has 0 aliphatic heterocycles. The van der Waals surface area contributed by atoms with Crippen LogP contribution in [0.2, 0.25) is 0 Å². The smallest absolute Gasteiger partial charge is 0.274 e. The molecule has 0 bridgehead atoms. The average Bonchev–Trinajstić information content (AvgIpc) is 2.60. The van der Waals surface area contributed by atoms with Gasteiger partial charge in [0.15, 0.2) is 0 Å². The molecule has 0 aromatic heterocycles. The van der Waals surface area contributed by atoms with Crippen LogP contribution >= 0.6 is 0 Å². The second-order valence-corrected chi connectivity index (χ2v) is 5.56. The van der Waals surface area contributed by atoms with Gasteiger partial charge in [-0.1, -0.05) is 60.2 Å². The number of hydroxylamine groups is 2. The normalized spacial score (nSPS) is 10.7. The summed E-state index contributed by atoms with van der Waals surface area (Å²) < 4.78 is 0. The predicted octanol–water partition coefficient (Wildman–Crippen LogP) is 4.45. The van der Waals surface area contributed by atoms with E-state index < -0.39 is 0 Å². The van der Waals surface area contributed by atoms with Gasteiger partial charge in [-0.3, -0.25) is 9.63 Å². The van der Waals surface area contributed by atoms with E-state index >= 15 is 0 Å². The summed E-state index contributed by atoms with van der Waals surface area (Å²) in [7, 11) is 3.11. The maximum atomic E-state index is 12.7. The van der Waals surface area contributed by atoms with Crippen molar-refractivity contribution in [1.29, 1.82) is 0 Å². The van der Waals surface area contributed by atoms with E-state index in [4.69, 9.17) is 4.84 Å². The van der Waals surface area contributed by atoms with E-state index in [1.165, 1.54) is 17.7 Å². The highest BCUT2D eigenvalue weighted by molar-refractivity contribution is 6.09. The number of fused-ring (bicyclic) bond motifs is 1. The first kappa shape index (κ1) is 15.3. The Morgan fingerprint density at radius 2 is 1.70 bits per heavy atom. The molecule has 0 fully saturated rings. The van der Waals surface area contributed by atoms with Gasteiger partial charge in [0.1, 0.15) is 0 Å². The summed E-state index contributed by atoms with van der Waals surface area (Å²) in [6.45, 7) is 2.06. The lowest BCUT2D eigenvalue weighted by Gasteiger charge is -2.18. The molecule has 3 aromatic rings. The molecule has 0 aliphatic carbocycles. The van der Waals surface area contributed by atoms with Gasteiger partial charge >= 0.3 is 0 Å². The Morgan fingerprint density at radius 3 is 2.39 bits per heavy atom. The zero-order valence-electron chi connectivity index (χ0n) is 13.5. The SMILES string of the molecule is CON(C)C(=O)c1ccc2ccc(C)cc2c1-c1ccccc1. The van der Waals surface area contributed by atoms with E-state index in [9.17, 15) is 4.79 Å². The fourth-order valence-electron chi connectivity index (χ4n) is 2.78. The Balaban J connectivity index is 2.34. The Hall–Kier alpha value is -2.65. The monoisotopic (exact) mass is 305 g/mol. The molecular formula is C20H19NO2. The topological polar surface area (TPSA) is 29.5 Å². The minimum atomic E-state index is -0.158. The summed E-state index contributed by atoms with van der Waals surface area (Å²) in [5.41, 5.74) is 3.77. The van der Waals surface area contributed by atoms with Gasteiger partial charge in [0.25, 0.3) is 5.91 Å². The maximum Gasteiger partial charge on any atom is 0.277 e. The zero-order chi connectivity index (χ0) is 16.4. The minimum absolute atomic E-state index is 0.158. The molecule has 23 heavy (non-hydrogen) atoms. The maximum absolute atomic E-state index is 12.7. The van der Waals surface area contributed by atoms with Gasteiger partial charge in [0.05, 0.1) is 12.7 Å². The van der Waals surface area contributed by atoms with Crippen LogP contribution in [0.1, 0.15) is 15.9 Å². The van der Waals surface area contributed by atoms with Crippen molar-refractivity contribution in [3.8, 4) is 11.1 Å². The largest absolute Gasteiger partial charge is 0.277 e. The molecule has 116 valence electrons. The van der Waals surface area contributed by atoms with Crippen molar-refractivity contribution in [2.45, 2.75) is 6.92 Å².